The number of carbonyl (C=O) groups excluding carboxylic acids is 1. The van der Waals surface area contributed by atoms with Gasteiger partial charge in [-0.25, -0.2) is 0 Å². The fraction of sp³-hybridized carbons (Fsp3) is 0.167. The van der Waals surface area contributed by atoms with E-state index in [-0.39, 0.29) is 37.1 Å². The summed E-state index contributed by atoms with van der Waals surface area (Å²) < 4.78 is 6.55. The Morgan fingerprint density at radius 1 is 1.00 bits per heavy atom. The van der Waals surface area contributed by atoms with Crippen LogP contribution in [-0.2, 0) is 30.3 Å². The molecule has 0 saturated heterocycles. The van der Waals surface area contributed by atoms with Crippen LogP contribution in [0.3, 0.4) is 0 Å². The Bertz CT molecular complexity index is 1980. The number of furan rings is 1. The van der Waals surface area contributed by atoms with E-state index in [4.69, 9.17) is 14.5 Å². The maximum absolute atomic E-state index is 10.0. The van der Waals surface area contributed by atoms with Crippen LogP contribution in [0, 0.1) is 13.0 Å². The SMILES string of the molecule is CC(=O)/C=C(/C)O.Cc1ccc2c3c([c-]cc2c1)-c1nccc2oc4c(-c5ccccc5)ccc(c4c12)C3(C)C.[Ir]. The first-order chi connectivity index (χ1) is 19.2. The second kappa shape index (κ2) is 10.7. The van der Waals surface area contributed by atoms with Crippen LogP contribution in [0.1, 0.15) is 44.4 Å². The number of ketones is 1. The van der Waals surface area contributed by atoms with Crippen LogP contribution in [0.4, 0.5) is 0 Å². The molecule has 1 N–H and O–H groups in total. The van der Waals surface area contributed by atoms with E-state index in [1.807, 2.05) is 18.3 Å². The first-order valence-electron chi connectivity index (χ1n) is 13.4. The summed E-state index contributed by atoms with van der Waals surface area (Å²) in [6, 6.07) is 29.4. The third-order valence-electron chi connectivity index (χ3n) is 7.66. The number of aliphatic hydroxyl groups excluding tert-OH is 1. The summed E-state index contributed by atoms with van der Waals surface area (Å²) >= 11 is 0. The summed E-state index contributed by atoms with van der Waals surface area (Å²) in [5.41, 5.74) is 9.66. The Morgan fingerprint density at radius 3 is 2.44 bits per heavy atom. The molecule has 2 heterocycles. The number of hydrogen-bond acceptors (Lipinski definition) is 4. The minimum Gasteiger partial charge on any atom is -0.512 e. The smallest absolute Gasteiger partial charge is 0.155 e. The molecule has 0 atom stereocenters. The Hall–Kier alpha value is -4.05. The molecule has 4 aromatic carbocycles. The van der Waals surface area contributed by atoms with E-state index in [0.717, 1.165) is 38.9 Å². The second-order valence-electron chi connectivity index (χ2n) is 11.0. The fourth-order valence-electron chi connectivity index (χ4n) is 6.02. The molecule has 7 rings (SSSR count). The molecule has 1 radical (unpaired) electrons. The van der Waals surface area contributed by atoms with Crippen LogP contribution >= 0.6 is 0 Å². The number of aliphatic hydroxyl groups is 1. The number of carbonyl (C=O) groups is 1. The number of rotatable bonds is 2. The number of allylic oxidation sites excluding steroid dienone is 2. The molecule has 0 fully saturated rings. The first-order valence-corrected chi connectivity index (χ1v) is 13.4. The number of fused-ring (bicyclic) bond motifs is 4. The number of aryl methyl sites for hydroxylation is 1. The van der Waals surface area contributed by atoms with Crippen molar-refractivity contribution in [3.8, 4) is 22.4 Å². The molecule has 2 aromatic heterocycles. The Morgan fingerprint density at radius 2 is 1.76 bits per heavy atom. The van der Waals surface area contributed by atoms with Crippen LogP contribution in [-0.4, -0.2) is 15.9 Å². The molecule has 0 saturated carbocycles. The minimum absolute atomic E-state index is 0. The van der Waals surface area contributed by atoms with Gasteiger partial charge in [0.1, 0.15) is 11.2 Å². The Labute approximate surface area is 253 Å². The number of benzene rings is 4. The van der Waals surface area contributed by atoms with Gasteiger partial charge in [0, 0.05) is 48.7 Å². The van der Waals surface area contributed by atoms with Crippen molar-refractivity contribution in [2.75, 3.05) is 0 Å². The van der Waals surface area contributed by atoms with Gasteiger partial charge in [0.05, 0.1) is 5.76 Å². The molecule has 0 amide bonds. The van der Waals surface area contributed by atoms with E-state index >= 15 is 0 Å². The van der Waals surface area contributed by atoms with Crippen LogP contribution in [0.5, 0.6) is 0 Å². The molecule has 0 unspecified atom stereocenters. The van der Waals surface area contributed by atoms with Gasteiger partial charge in [-0.2, -0.15) is 0 Å². The number of nitrogens with zero attached hydrogens (tertiary/aromatic N) is 1. The summed E-state index contributed by atoms with van der Waals surface area (Å²) in [4.78, 5) is 14.9. The van der Waals surface area contributed by atoms with Crippen molar-refractivity contribution in [2.24, 2.45) is 0 Å². The van der Waals surface area contributed by atoms with E-state index < -0.39 is 0 Å². The van der Waals surface area contributed by atoms with E-state index in [1.165, 1.54) is 52.8 Å². The Balaban J connectivity index is 0.000000379. The van der Waals surface area contributed by atoms with Crippen molar-refractivity contribution in [2.45, 2.75) is 40.0 Å². The Kier molecular flexibility index (Phi) is 7.46. The molecule has 0 spiro atoms. The van der Waals surface area contributed by atoms with Gasteiger partial charge >= 0.3 is 0 Å². The van der Waals surface area contributed by atoms with E-state index in [1.54, 1.807) is 0 Å². The van der Waals surface area contributed by atoms with E-state index in [0.29, 0.717) is 0 Å². The average Bonchev–Trinajstić information content (AvgIpc) is 3.28. The molecule has 5 heteroatoms. The predicted molar refractivity (Wildman–Crippen MR) is 163 cm³/mol. The fourth-order valence-corrected chi connectivity index (χ4v) is 6.02. The molecule has 0 bridgehead atoms. The number of hydrogen-bond donors (Lipinski definition) is 1. The molecule has 1 aliphatic rings. The van der Waals surface area contributed by atoms with Crippen molar-refractivity contribution in [3.05, 3.63) is 114 Å². The van der Waals surface area contributed by atoms with Gasteiger partial charge in [0.25, 0.3) is 0 Å². The van der Waals surface area contributed by atoms with Crippen molar-refractivity contribution in [1.29, 1.82) is 0 Å². The van der Waals surface area contributed by atoms with Crippen LogP contribution < -0.4 is 0 Å². The zero-order valence-corrected chi connectivity index (χ0v) is 26.0. The monoisotopic (exact) mass is 717 g/mol. The summed E-state index contributed by atoms with van der Waals surface area (Å²) in [5, 5.41) is 13.1. The van der Waals surface area contributed by atoms with Gasteiger partial charge in [-0.1, -0.05) is 90.8 Å². The molecular weight excluding hydrogens is 687 g/mol. The predicted octanol–water partition coefficient (Wildman–Crippen LogP) is 9.25. The third kappa shape index (κ3) is 4.80. The zero-order chi connectivity index (χ0) is 28.2. The van der Waals surface area contributed by atoms with Gasteiger partial charge in [-0.15, -0.1) is 23.3 Å². The molecule has 207 valence electrons. The number of aromatic nitrogens is 1. The molecule has 0 aliphatic heterocycles. The van der Waals surface area contributed by atoms with E-state index in [2.05, 4.69) is 87.5 Å². The third-order valence-corrected chi connectivity index (χ3v) is 7.66. The molecule has 6 aromatic rings. The molecule has 41 heavy (non-hydrogen) atoms. The summed E-state index contributed by atoms with van der Waals surface area (Å²) in [6.07, 6.45) is 3.02. The minimum atomic E-state index is -0.258. The quantitative estimate of drug-likeness (QED) is 0.110. The van der Waals surface area contributed by atoms with Crippen molar-refractivity contribution in [3.63, 3.8) is 0 Å². The van der Waals surface area contributed by atoms with E-state index in [9.17, 15) is 4.79 Å². The average molecular weight is 717 g/mol. The summed E-state index contributed by atoms with van der Waals surface area (Å²) in [7, 11) is 0. The van der Waals surface area contributed by atoms with Gasteiger partial charge in [0.15, 0.2) is 5.78 Å². The normalized spacial score (nSPS) is 13.3. The maximum atomic E-state index is 10.0. The van der Waals surface area contributed by atoms with Gasteiger partial charge in [-0.3, -0.25) is 4.79 Å². The van der Waals surface area contributed by atoms with Gasteiger partial charge in [-0.05, 0) is 49.1 Å². The molecule has 1 aliphatic carbocycles. The van der Waals surface area contributed by atoms with Crippen LogP contribution in [0.2, 0.25) is 0 Å². The van der Waals surface area contributed by atoms with Crippen LogP contribution in [0.25, 0.3) is 55.1 Å². The van der Waals surface area contributed by atoms with Crippen molar-refractivity contribution in [1.82, 2.24) is 4.98 Å². The largest absolute Gasteiger partial charge is 0.512 e. The van der Waals surface area contributed by atoms with Gasteiger partial charge in [0.2, 0.25) is 0 Å². The number of pyridine rings is 1. The van der Waals surface area contributed by atoms with Gasteiger partial charge < -0.3 is 14.5 Å². The summed E-state index contributed by atoms with van der Waals surface area (Å²) in [6.45, 7) is 9.63. The summed E-state index contributed by atoms with van der Waals surface area (Å²) in [5.74, 6) is -0.0625. The maximum Gasteiger partial charge on any atom is 0.155 e. The molecular formula is C36H30IrNO3-. The second-order valence-corrected chi connectivity index (χ2v) is 11.0. The topological polar surface area (TPSA) is 63.3 Å². The standard InChI is InChI=1S/C31H22NO.C5H8O2.Ir/c1-18-9-11-21-20(17-18)10-12-23-28(21)31(2,3)24-14-13-22(19-7-5-4-6-8-19)30-26(24)27-25(33-30)15-16-32-29(23)27;1-4(6)3-5(2)7;/h4-11,13-17H,1-3H3;3,6H,1-2H3;/q-1;;/b;4-3-;. The van der Waals surface area contributed by atoms with Crippen molar-refractivity contribution >= 4 is 38.5 Å². The zero-order valence-electron chi connectivity index (χ0n) is 23.6. The van der Waals surface area contributed by atoms with Crippen LogP contribution in [0.15, 0.2) is 95.2 Å². The van der Waals surface area contributed by atoms with Crippen molar-refractivity contribution < 1.29 is 34.4 Å². The first kappa shape index (κ1) is 28.5. The molecule has 4 nitrogen and oxygen atoms in total.